The molecule has 1 atom stereocenters. The number of alkyl halides is 6. The van der Waals surface area contributed by atoms with Crippen LogP contribution in [0.25, 0.3) is 0 Å². The molecule has 0 aromatic rings. The van der Waals surface area contributed by atoms with Crippen molar-refractivity contribution < 1.29 is 30.8 Å². The molecule has 0 fully saturated rings. The average Bonchev–Trinajstić information content (AvgIpc) is 2.24. The van der Waals surface area contributed by atoms with Crippen LogP contribution in [0, 0.1) is 0 Å². The van der Waals surface area contributed by atoms with Gasteiger partial charge in [0.2, 0.25) is 0 Å². The summed E-state index contributed by atoms with van der Waals surface area (Å²) in [5.41, 5.74) is 0. The zero-order valence-corrected chi connectivity index (χ0v) is 10.1. The van der Waals surface area contributed by atoms with Gasteiger partial charge in [0.05, 0.1) is 19.6 Å². The molecule has 17 heavy (non-hydrogen) atoms. The van der Waals surface area contributed by atoms with Crippen molar-refractivity contribution in [3.8, 4) is 0 Å². The fourth-order valence-electron chi connectivity index (χ4n) is 1.77. The van der Waals surface area contributed by atoms with E-state index in [-0.39, 0.29) is 24.1 Å². The van der Waals surface area contributed by atoms with Crippen molar-refractivity contribution >= 4 is 0 Å². The first kappa shape index (κ1) is 16.5. The van der Waals surface area contributed by atoms with E-state index in [0.29, 0.717) is 0 Å². The van der Waals surface area contributed by atoms with Crippen molar-refractivity contribution in [3.05, 3.63) is 0 Å². The van der Waals surface area contributed by atoms with Crippen LogP contribution in [-0.2, 0) is 0 Å². The molecule has 0 spiro atoms. The lowest BCUT2D eigenvalue weighted by Crippen LogP contribution is -2.58. The molecule has 0 aliphatic heterocycles. The first-order valence-corrected chi connectivity index (χ1v) is 5.48. The van der Waals surface area contributed by atoms with Gasteiger partial charge in [-0.15, -0.1) is 0 Å². The van der Waals surface area contributed by atoms with Crippen LogP contribution < -0.4 is 0 Å². The second kappa shape index (κ2) is 5.46. The van der Waals surface area contributed by atoms with Crippen molar-refractivity contribution in [3.63, 3.8) is 0 Å². The number of halogens is 6. The van der Waals surface area contributed by atoms with Crippen LogP contribution in [0.5, 0.6) is 0 Å². The van der Waals surface area contributed by atoms with Crippen LogP contribution in [0.15, 0.2) is 0 Å². The van der Waals surface area contributed by atoms with Gasteiger partial charge in [-0.2, -0.15) is 22.0 Å². The van der Waals surface area contributed by atoms with E-state index >= 15 is 0 Å². The van der Waals surface area contributed by atoms with E-state index in [9.17, 15) is 26.3 Å². The van der Waals surface area contributed by atoms with Gasteiger partial charge in [-0.1, -0.05) is 0 Å². The Morgan fingerprint density at radius 1 is 0.882 bits per heavy atom. The summed E-state index contributed by atoms with van der Waals surface area (Å²) in [6.07, 6.45) is -9.62. The molecule has 0 amide bonds. The molecule has 0 radical (unpaired) electrons. The summed E-state index contributed by atoms with van der Waals surface area (Å²) in [7, 11) is 0. The first-order valence-electron chi connectivity index (χ1n) is 5.48. The molecule has 0 aliphatic rings. The predicted octanol–water partition coefficient (Wildman–Crippen LogP) is 3.40. The Morgan fingerprint density at radius 3 is 1.47 bits per heavy atom. The lowest BCUT2D eigenvalue weighted by atomic mass is 10.1. The Kier molecular flexibility index (Phi) is 5.31. The van der Waals surface area contributed by atoms with Crippen LogP contribution in [0.3, 0.4) is 0 Å². The summed E-state index contributed by atoms with van der Waals surface area (Å²) in [6.45, 7) is 4.41. The summed E-state index contributed by atoms with van der Waals surface area (Å²) in [6, 6.07) is 0. The molecule has 0 aromatic heterocycles. The molecule has 104 valence electrons. The van der Waals surface area contributed by atoms with Gasteiger partial charge in [0.25, 0.3) is 6.17 Å². The Bertz CT molecular complexity index is 225. The maximum absolute atomic E-state index is 13.3. The number of hydrogen-bond donors (Lipinski definition) is 0. The molecule has 0 bridgehead atoms. The summed E-state index contributed by atoms with van der Waals surface area (Å²) >= 11 is 0. The summed E-state index contributed by atoms with van der Waals surface area (Å²) in [4.78, 5) is 0. The smallest absolute Gasteiger partial charge is 0.319 e. The van der Waals surface area contributed by atoms with E-state index in [0.717, 1.165) is 0 Å². The van der Waals surface area contributed by atoms with Crippen LogP contribution in [0.1, 0.15) is 20.8 Å². The highest BCUT2D eigenvalue weighted by Crippen LogP contribution is 2.36. The normalized spacial score (nSPS) is 16.1. The standard InChI is InChI=1S/C10H18F6N/c1-4-17(5-2,6-3)7-9(12,13)8(11)10(14,15)16/h8H,4-7H2,1-3H3/q+1. The van der Waals surface area contributed by atoms with Gasteiger partial charge in [0.15, 0.2) is 0 Å². The van der Waals surface area contributed by atoms with E-state index in [2.05, 4.69) is 0 Å². The Morgan fingerprint density at radius 2 is 1.24 bits per heavy atom. The monoisotopic (exact) mass is 266 g/mol. The second-order valence-corrected chi connectivity index (χ2v) is 4.11. The fourth-order valence-corrected chi connectivity index (χ4v) is 1.77. The van der Waals surface area contributed by atoms with E-state index in [1.165, 1.54) is 0 Å². The van der Waals surface area contributed by atoms with Gasteiger partial charge in [-0.05, 0) is 20.8 Å². The number of quaternary nitrogens is 1. The highest BCUT2D eigenvalue weighted by atomic mass is 19.4. The zero-order valence-electron chi connectivity index (χ0n) is 10.1. The lowest BCUT2D eigenvalue weighted by molar-refractivity contribution is -0.930. The van der Waals surface area contributed by atoms with Gasteiger partial charge in [0, 0.05) is 0 Å². The molecule has 1 nitrogen and oxygen atoms in total. The molecule has 0 aromatic carbocycles. The number of nitrogens with zero attached hydrogens (tertiary/aromatic N) is 1. The minimum Gasteiger partial charge on any atom is -0.319 e. The SMILES string of the molecule is CC[N+](CC)(CC)CC(F)(F)C(F)C(F)(F)F. The van der Waals surface area contributed by atoms with Gasteiger partial charge < -0.3 is 4.48 Å². The molecular formula is C10H18F6N+. The minimum absolute atomic E-state index is 0.233. The Hall–Kier alpha value is -0.460. The van der Waals surface area contributed by atoms with Crippen molar-refractivity contribution in [2.45, 2.75) is 39.0 Å². The Labute approximate surface area is 97.0 Å². The van der Waals surface area contributed by atoms with E-state index < -0.39 is 24.8 Å². The summed E-state index contributed by atoms with van der Waals surface area (Å²) in [5, 5.41) is 0. The third-order valence-electron chi connectivity index (χ3n) is 3.22. The molecule has 0 heterocycles. The van der Waals surface area contributed by atoms with Gasteiger partial charge >= 0.3 is 12.1 Å². The third kappa shape index (κ3) is 4.04. The average molecular weight is 266 g/mol. The highest BCUT2D eigenvalue weighted by Gasteiger charge is 2.59. The topological polar surface area (TPSA) is 0 Å². The van der Waals surface area contributed by atoms with Crippen molar-refractivity contribution in [2.24, 2.45) is 0 Å². The first-order chi connectivity index (χ1) is 7.54. The van der Waals surface area contributed by atoms with Gasteiger partial charge in [0.1, 0.15) is 6.54 Å². The second-order valence-electron chi connectivity index (χ2n) is 4.11. The summed E-state index contributed by atoms with van der Waals surface area (Å²) < 4.78 is 74.9. The number of rotatable bonds is 6. The van der Waals surface area contributed by atoms with E-state index in [1.807, 2.05) is 0 Å². The maximum atomic E-state index is 13.3. The molecule has 7 heteroatoms. The molecule has 0 saturated carbocycles. The minimum atomic E-state index is -5.52. The molecule has 0 N–H and O–H groups in total. The van der Waals surface area contributed by atoms with Crippen LogP contribution in [-0.4, -0.2) is 48.9 Å². The van der Waals surface area contributed by atoms with E-state index in [4.69, 9.17) is 0 Å². The lowest BCUT2D eigenvalue weighted by Gasteiger charge is -2.39. The largest absolute Gasteiger partial charge is 0.425 e. The summed E-state index contributed by atoms with van der Waals surface area (Å²) in [5.74, 6) is -4.39. The van der Waals surface area contributed by atoms with Crippen molar-refractivity contribution in [2.75, 3.05) is 26.2 Å². The van der Waals surface area contributed by atoms with Crippen LogP contribution in [0.2, 0.25) is 0 Å². The maximum Gasteiger partial charge on any atom is 0.425 e. The quantitative estimate of drug-likeness (QED) is 0.510. The predicted molar refractivity (Wildman–Crippen MR) is 52.6 cm³/mol. The molecule has 0 aliphatic carbocycles. The molecule has 1 unspecified atom stereocenters. The molecule has 0 rings (SSSR count). The third-order valence-corrected chi connectivity index (χ3v) is 3.22. The van der Waals surface area contributed by atoms with E-state index in [1.54, 1.807) is 20.8 Å². The Balaban J connectivity index is 4.96. The number of hydrogen-bond acceptors (Lipinski definition) is 0. The zero-order chi connectivity index (χ0) is 13.9. The van der Waals surface area contributed by atoms with Crippen molar-refractivity contribution in [1.29, 1.82) is 0 Å². The molecular weight excluding hydrogens is 248 g/mol. The van der Waals surface area contributed by atoms with Crippen LogP contribution in [0.4, 0.5) is 26.3 Å². The molecule has 0 saturated heterocycles. The van der Waals surface area contributed by atoms with Crippen molar-refractivity contribution in [1.82, 2.24) is 0 Å². The van der Waals surface area contributed by atoms with Gasteiger partial charge in [-0.25, -0.2) is 4.39 Å². The van der Waals surface area contributed by atoms with Gasteiger partial charge in [-0.3, -0.25) is 0 Å². The highest BCUT2D eigenvalue weighted by molar-refractivity contribution is 4.83. The fraction of sp³-hybridized carbons (Fsp3) is 1.00. The van der Waals surface area contributed by atoms with Crippen LogP contribution >= 0.6 is 0 Å².